The first-order valence-electron chi connectivity index (χ1n) is 6.42. The molecule has 2 aromatic rings. The van der Waals surface area contributed by atoms with Crippen LogP contribution in [0.3, 0.4) is 0 Å². The average Bonchev–Trinajstić information content (AvgIpc) is 2.41. The Kier molecular flexibility index (Phi) is 4.46. The van der Waals surface area contributed by atoms with Crippen molar-refractivity contribution in [2.45, 2.75) is 26.3 Å². The molecule has 0 aliphatic carbocycles. The third-order valence-electron chi connectivity index (χ3n) is 3.02. The van der Waals surface area contributed by atoms with E-state index in [1.165, 1.54) is 5.56 Å². The number of ether oxygens (including phenoxy) is 1. The third kappa shape index (κ3) is 3.49. The van der Waals surface area contributed by atoms with E-state index in [0.717, 1.165) is 17.7 Å². The highest BCUT2D eigenvalue weighted by atomic mass is 35.5. The van der Waals surface area contributed by atoms with Crippen molar-refractivity contribution in [2.24, 2.45) is 5.73 Å². The molecule has 0 heterocycles. The molecule has 0 aliphatic heterocycles. The third-order valence-corrected chi connectivity index (χ3v) is 3.31. The highest BCUT2D eigenvalue weighted by Gasteiger charge is 2.07. The van der Waals surface area contributed by atoms with Crippen LogP contribution in [0, 0.1) is 0 Å². The van der Waals surface area contributed by atoms with Crippen molar-refractivity contribution in [3.05, 3.63) is 58.6 Å². The Hall–Kier alpha value is -1.51. The second-order valence-corrected chi connectivity index (χ2v) is 4.99. The predicted octanol–water partition coefficient (Wildman–Crippen LogP) is 4.71. The van der Waals surface area contributed by atoms with Gasteiger partial charge in [0.05, 0.1) is 5.02 Å². The van der Waals surface area contributed by atoms with Gasteiger partial charge < -0.3 is 10.5 Å². The van der Waals surface area contributed by atoms with Gasteiger partial charge in [-0.3, -0.25) is 0 Å². The van der Waals surface area contributed by atoms with Gasteiger partial charge in [-0.1, -0.05) is 36.7 Å². The van der Waals surface area contributed by atoms with Crippen molar-refractivity contribution in [1.29, 1.82) is 0 Å². The average molecular weight is 276 g/mol. The van der Waals surface area contributed by atoms with E-state index in [1.807, 2.05) is 43.3 Å². The Morgan fingerprint density at radius 3 is 2.63 bits per heavy atom. The van der Waals surface area contributed by atoms with Crippen LogP contribution in [0.1, 0.15) is 31.0 Å². The second-order valence-electron chi connectivity index (χ2n) is 4.58. The molecule has 3 heteroatoms. The first-order valence-corrected chi connectivity index (χ1v) is 6.79. The molecule has 19 heavy (non-hydrogen) atoms. The van der Waals surface area contributed by atoms with Crippen LogP contribution in [0.15, 0.2) is 42.5 Å². The van der Waals surface area contributed by atoms with E-state index >= 15 is 0 Å². The minimum atomic E-state index is -0.0324. The van der Waals surface area contributed by atoms with Gasteiger partial charge in [0.25, 0.3) is 0 Å². The minimum Gasteiger partial charge on any atom is -0.456 e. The summed E-state index contributed by atoms with van der Waals surface area (Å²) in [6.45, 7) is 4.04. The summed E-state index contributed by atoms with van der Waals surface area (Å²) in [5.74, 6) is 1.45. The van der Waals surface area contributed by atoms with Gasteiger partial charge in [0, 0.05) is 6.04 Å². The molecule has 0 aliphatic rings. The van der Waals surface area contributed by atoms with Crippen molar-refractivity contribution in [1.82, 2.24) is 0 Å². The lowest BCUT2D eigenvalue weighted by atomic mass is 10.1. The van der Waals surface area contributed by atoms with Gasteiger partial charge in [-0.15, -0.1) is 0 Å². The first kappa shape index (κ1) is 13.9. The molecule has 0 amide bonds. The van der Waals surface area contributed by atoms with Crippen LogP contribution < -0.4 is 10.5 Å². The Morgan fingerprint density at radius 2 is 2.00 bits per heavy atom. The number of nitrogens with two attached hydrogens (primary N) is 1. The van der Waals surface area contributed by atoms with E-state index in [4.69, 9.17) is 22.1 Å². The maximum atomic E-state index is 6.22. The largest absolute Gasteiger partial charge is 0.456 e. The van der Waals surface area contributed by atoms with Gasteiger partial charge in [0.2, 0.25) is 0 Å². The predicted molar refractivity (Wildman–Crippen MR) is 79.9 cm³/mol. The minimum absolute atomic E-state index is 0.0324. The topological polar surface area (TPSA) is 35.2 Å². The number of hydrogen-bond donors (Lipinski definition) is 1. The number of halogens is 1. The Morgan fingerprint density at radius 1 is 1.21 bits per heavy atom. The number of rotatable bonds is 4. The van der Waals surface area contributed by atoms with Gasteiger partial charge in [0.1, 0.15) is 11.5 Å². The summed E-state index contributed by atoms with van der Waals surface area (Å²) in [7, 11) is 0. The maximum Gasteiger partial charge on any atom is 0.146 e. The highest BCUT2D eigenvalue weighted by Crippen LogP contribution is 2.31. The molecule has 0 fully saturated rings. The van der Waals surface area contributed by atoms with Crippen molar-refractivity contribution >= 4 is 11.6 Å². The fourth-order valence-corrected chi connectivity index (χ4v) is 2.07. The molecule has 2 nitrogen and oxygen atoms in total. The van der Waals surface area contributed by atoms with Crippen LogP contribution in [0.4, 0.5) is 0 Å². The smallest absolute Gasteiger partial charge is 0.146 e. The lowest BCUT2D eigenvalue weighted by Crippen LogP contribution is -2.04. The lowest BCUT2D eigenvalue weighted by molar-refractivity contribution is 0.482. The Labute approximate surface area is 119 Å². The number of benzene rings is 2. The molecule has 0 unspecified atom stereocenters. The summed E-state index contributed by atoms with van der Waals surface area (Å²) >= 11 is 6.22. The lowest BCUT2D eigenvalue weighted by Gasteiger charge is -2.11. The molecule has 0 radical (unpaired) electrons. The molecule has 0 bridgehead atoms. The van der Waals surface area contributed by atoms with E-state index in [0.29, 0.717) is 10.8 Å². The van der Waals surface area contributed by atoms with Crippen LogP contribution in [0.25, 0.3) is 0 Å². The maximum absolute atomic E-state index is 6.22. The molecule has 1 atom stereocenters. The standard InChI is InChI=1S/C16H18ClNO/c1-3-12-5-4-6-14(9-12)19-16-8-7-13(11(2)18)10-15(16)17/h4-11H,3,18H2,1-2H3/t11-/m0/s1. The molecule has 2 N–H and O–H groups in total. The van der Waals surface area contributed by atoms with E-state index < -0.39 is 0 Å². The zero-order valence-corrected chi connectivity index (χ0v) is 11.9. The van der Waals surface area contributed by atoms with Crippen molar-refractivity contribution < 1.29 is 4.74 Å². The monoisotopic (exact) mass is 275 g/mol. The van der Waals surface area contributed by atoms with Crippen LogP contribution >= 0.6 is 11.6 Å². The zero-order chi connectivity index (χ0) is 13.8. The molecular formula is C16H18ClNO. The summed E-state index contributed by atoms with van der Waals surface area (Å²) in [6, 6.07) is 13.6. The molecule has 0 saturated carbocycles. The van der Waals surface area contributed by atoms with Crippen LogP contribution in [0.2, 0.25) is 5.02 Å². The summed E-state index contributed by atoms with van der Waals surface area (Å²) in [4.78, 5) is 0. The molecular weight excluding hydrogens is 258 g/mol. The van der Waals surface area contributed by atoms with Crippen molar-refractivity contribution in [3.8, 4) is 11.5 Å². The fourth-order valence-electron chi connectivity index (χ4n) is 1.84. The van der Waals surface area contributed by atoms with E-state index in [1.54, 1.807) is 0 Å². The first-order chi connectivity index (χ1) is 9.10. The second kappa shape index (κ2) is 6.09. The summed E-state index contributed by atoms with van der Waals surface area (Å²) in [6.07, 6.45) is 0.981. The van der Waals surface area contributed by atoms with Gasteiger partial charge in [0.15, 0.2) is 0 Å². The molecule has 2 rings (SSSR count). The van der Waals surface area contributed by atoms with E-state index in [9.17, 15) is 0 Å². The van der Waals surface area contributed by atoms with Gasteiger partial charge in [-0.25, -0.2) is 0 Å². The fraction of sp³-hybridized carbons (Fsp3) is 0.250. The zero-order valence-electron chi connectivity index (χ0n) is 11.2. The SMILES string of the molecule is CCc1cccc(Oc2ccc([C@H](C)N)cc2Cl)c1. The van der Waals surface area contributed by atoms with Crippen LogP contribution in [0.5, 0.6) is 11.5 Å². The summed E-state index contributed by atoms with van der Waals surface area (Å²) < 4.78 is 5.81. The normalized spacial score (nSPS) is 12.2. The van der Waals surface area contributed by atoms with E-state index in [-0.39, 0.29) is 6.04 Å². The van der Waals surface area contributed by atoms with Crippen LogP contribution in [-0.4, -0.2) is 0 Å². The molecule has 0 saturated heterocycles. The van der Waals surface area contributed by atoms with Crippen LogP contribution in [-0.2, 0) is 6.42 Å². The van der Waals surface area contributed by atoms with Crippen molar-refractivity contribution in [3.63, 3.8) is 0 Å². The van der Waals surface area contributed by atoms with E-state index in [2.05, 4.69) is 13.0 Å². The van der Waals surface area contributed by atoms with Gasteiger partial charge >= 0.3 is 0 Å². The summed E-state index contributed by atoms with van der Waals surface area (Å²) in [5.41, 5.74) is 8.06. The Bertz CT molecular complexity index is 566. The molecule has 0 spiro atoms. The number of aryl methyl sites for hydroxylation is 1. The molecule has 2 aromatic carbocycles. The Balaban J connectivity index is 2.23. The number of hydrogen-bond acceptors (Lipinski definition) is 2. The van der Waals surface area contributed by atoms with Gasteiger partial charge in [-0.05, 0) is 48.7 Å². The highest BCUT2D eigenvalue weighted by molar-refractivity contribution is 6.32. The van der Waals surface area contributed by atoms with Crippen molar-refractivity contribution in [2.75, 3.05) is 0 Å². The summed E-state index contributed by atoms with van der Waals surface area (Å²) in [5, 5.41) is 0.580. The molecule has 0 aromatic heterocycles. The molecule has 100 valence electrons. The quantitative estimate of drug-likeness (QED) is 0.877. The van der Waals surface area contributed by atoms with Gasteiger partial charge in [-0.2, -0.15) is 0 Å².